The summed E-state index contributed by atoms with van der Waals surface area (Å²) in [5.74, 6) is 1.19. The highest BCUT2D eigenvalue weighted by molar-refractivity contribution is 7.99. The van der Waals surface area contributed by atoms with Gasteiger partial charge in [-0.1, -0.05) is 26.8 Å². The van der Waals surface area contributed by atoms with Gasteiger partial charge in [-0.2, -0.15) is 0 Å². The molecule has 0 amide bonds. The fourth-order valence-corrected chi connectivity index (χ4v) is 3.16. The molecule has 0 aliphatic carbocycles. The van der Waals surface area contributed by atoms with E-state index >= 15 is 0 Å². The van der Waals surface area contributed by atoms with Crippen LogP contribution in [0.2, 0.25) is 0 Å². The lowest BCUT2D eigenvalue weighted by Crippen LogP contribution is -2.34. The minimum atomic E-state index is 0.247. The van der Waals surface area contributed by atoms with Crippen molar-refractivity contribution in [2.24, 2.45) is 0 Å². The smallest absolute Gasteiger partial charge is 0.0504 e. The van der Waals surface area contributed by atoms with Crippen LogP contribution >= 0.6 is 11.8 Å². The molecule has 0 radical (unpaired) electrons. The number of hydrogen-bond donors (Lipinski definition) is 0. The van der Waals surface area contributed by atoms with E-state index in [0.29, 0.717) is 6.04 Å². The van der Waals surface area contributed by atoms with E-state index < -0.39 is 0 Å². The van der Waals surface area contributed by atoms with Crippen molar-refractivity contribution in [2.45, 2.75) is 44.0 Å². The van der Waals surface area contributed by atoms with Gasteiger partial charge in [0.2, 0.25) is 0 Å². The minimum absolute atomic E-state index is 0.247. The standard InChI is InChI=1S/C14H21NS/c1-10-9-16-13-8-11(14(2,3)4)6-7-12(13)15(10)5/h6-8,10H,9H2,1-5H3. The van der Waals surface area contributed by atoms with Gasteiger partial charge in [-0.3, -0.25) is 0 Å². The number of nitrogens with zero attached hydrogens (tertiary/aromatic N) is 1. The molecular formula is C14H21NS. The van der Waals surface area contributed by atoms with Crippen molar-refractivity contribution in [2.75, 3.05) is 17.7 Å². The Kier molecular flexibility index (Phi) is 2.95. The second kappa shape index (κ2) is 3.99. The molecule has 1 aromatic carbocycles. The van der Waals surface area contributed by atoms with Crippen LogP contribution in [0.15, 0.2) is 23.1 Å². The summed E-state index contributed by atoms with van der Waals surface area (Å²) >= 11 is 1.99. The maximum Gasteiger partial charge on any atom is 0.0504 e. The second-order valence-corrected chi connectivity index (χ2v) is 6.77. The van der Waals surface area contributed by atoms with Crippen LogP contribution in [0.25, 0.3) is 0 Å². The number of anilines is 1. The van der Waals surface area contributed by atoms with E-state index in [9.17, 15) is 0 Å². The maximum absolute atomic E-state index is 2.39. The van der Waals surface area contributed by atoms with Crippen LogP contribution in [0.1, 0.15) is 33.3 Å². The molecule has 88 valence electrons. The van der Waals surface area contributed by atoms with Crippen molar-refractivity contribution < 1.29 is 0 Å². The fourth-order valence-electron chi connectivity index (χ4n) is 1.95. The molecule has 0 bridgehead atoms. The third-order valence-electron chi connectivity index (χ3n) is 3.35. The van der Waals surface area contributed by atoms with Gasteiger partial charge in [0.25, 0.3) is 0 Å². The molecule has 2 rings (SSSR count). The van der Waals surface area contributed by atoms with Crippen LogP contribution < -0.4 is 4.90 Å². The predicted octanol–water partition coefficient (Wildman–Crippen LogP) is 3.91. The average molecular weight is 235 g/mol. The first kappa shape index (κ1) is 11.8. The zero-order valence-electron chi connectivity index (χ0n) is 10.9. The Bertz CT molecular complexity index is 392. The van der Waals surface area contributed by atoms with Crippen molar-refractivity contribution in [1.29, 1.82) is 0 Å². The number of rotatable bonds is 0. The quantitative estimate of drug-likeness (QED) is 0.670. The van der Waals surface area contributed by atoms with Gasteiger partial charge in [-0.15, -0.1) is 11.8 Å². The van der Waals surface area contributed by atoms with Crippen LogP contribution in [-0.2, 0) is 5.41 Å². The highest BCUT2D eigenvalue weighted by Gasteiger charge is 2.22. The molecule has 1 unspecified atom stereocenters. The summed E-state index contributed by atoms with van der Waals surface area (Å²) in [6.45, 7) is 9.10. The van der Waals surface area contributed by atoms with E-state index in [1.54, 1.807) is 0 Å². The molecule has 0 saturated heterocycles. The maximum atomic E-state index is 2.39. The Morgan fingerprint density at radius 1 is 1.31 bits per heavy atom. The van der Waals surface area contributed by atoms with Gasteiger partial charge in [0, 0.05) is 23.7 Å². The molecule has 0 saturated carbocycles. The van der Waals surface area contributed by atoms with Crippen molar-refractivity contribution >= 4 is 17.4 Å². The summed E-state index contributed by atoms with van der Waals surface area (Å²) < 4.78 is 0. The van der Waals surface area contributed by atoms with Gasteiger partial charge in [-0.25, -0.2) is 0 Å². The van der Waals surface area contributed by atoms with Gasteiger partial charge in [0.15, 0.2) is 0 Å². The molecule has 1 aromatic rings. The number of fused-ring (bicyclic) bond motifs is 1. The molecule has 1 aliphatic heterocycles. The number of hydrogen-bond acceptors (Lipinski definition) is 2. The zero-order chi connectivity index (χ0) is 11.9. The average Bonchev–Trinajstić information content (AvgIpc) is 2.22. The first-order valence-electron chi connectivity index (χ1n) is 5.90. The monoisotopic (exact) mass is 235 g/mol. The van der Waals surface area contributed by atoms with Crippen molar-refractivity contribution in [1.82, 2.24) is 0 Å². The zero-order valence-corrected chi connectivity index (χ0v) is 11.7. The van der Waals surface area contributed by atoms with Crippen molar-refractivity contribution in [3.63, 3.8) is 0 Å². The van der Waals surface area contributed by atoms with Crippen molar-refractivity contribution in [3.8, 4) is 0 Å². The molecule has 0 aromatic heterocycles. The minimum Gasteiger partial charge on any atom is -0.370 e. The Labute approximate surface area is 103 Å². The highest BCUT2D eigenvalue weighted by atomic mass is 32.2. The molecule has 1 heterocycles. The number of thioether (sulfide) groups is 1. The molecule has 16 heavy (non-hydrogen) atoms. The van der Waals surface area contributed by atoms with E-state index in [2.05, 4.69) is 57.8 Å². The lowest BCUT2D eigenvalue weighted by atomic mass is 9.87. The van der Waals surface area contributed by atoms with Crippen LogP contribution in [-0.4, -0.2) is 18.8 Å². The van der Waals surface area contributed by atoms with Crippen LogP contribution in [0.4, 0.5) is 5.69 Å². The van der Waals surface area contributed by atoms with E-state index in [1.165, 1.54) is 21.9 Å². The van der Waals surface area contributed by atoms with E-state index in [0.717, 1.165) is 0 Å². The Hall–Kier alpha value is -0.630. The third-order valence-corrected chi connectivity index (χ3v) is 4.63. The van der Waals surface area contributed by atoms with Gasteiger partial charge in [-0.05, 0) is 30.0 Å². The van der Waals surface area contributed by atoms with E-state index in [4.69, 9.17) is 0 Å². The molecule has 0 fully saturated rings. The largest absolute Gasteiger partial charge is 0.370 e. The molecule has 0 spiro atoms. The Morgan fingerprint density at radius 3 is 2.62 bits per heavy atom. The fraction of sp³-hybridized carbons (Fsp3) is 0.571. The molecule has 0 N–H and O–H groups in total. The lowest BCUT2D eigenvalue weighted by molar-refractivity contribution is 0.588. The first-order valence-corrected chi connectivity index (χ1v) is 6.88. The summed E-state index contributed by atoms with van der Waals surface area (Å²) in [7, 11) is 2.19. The summed E-state index contributed by atoms with van der Waals surface area (Å²) in [6.07, 6.45) is 0. The van der Waals surface area contributed by atoms with Gasteiger partial charge < -0.3 is 4.90 Å². The summed E-state index contributed by atoms with van der Waals surface area (Å²) in [5.41, 5.74) is 3.07. The summed E-state index contributed by atoms with van der Waals surface area (Å²) in [6, 6.07) is 7.55. The van der Waals surface area contributed by atoms with Gasteiger partial charge in [0.05, 0.1) is 5.69 Å². The van der Waals surface area contributed by atoms with Crippen molar-refractivity contribution in [3.05, 3.63) is 23.8 Å². The van der Waals surface area contributed by atoms with Gasteiger partial charge >= 0.3 is 0 Å². The normalized spacial score (nSPS) is 20.8. The molecule has 1 nitrogen and oxygen atoms in total. The van der Waals surface area contributed by atoms with Crippen LogP contribution in [0.3, 0.4) is 0 Å². The number of benzene rings is 1. The van der Waals surface area contributed by atoms with Crippen LogP contribution in [0, 0.1) is 0 Å². The molecule has 1 atom stereocenters. The summed E-state index contributed by atoms with van der Waals surface area (Å²) in [4.78, 5) is 3.83. The Morgan fingerprint density at radius 2 is 2.00 bits per heavy atom. The lowest BCUT2D eigenvalue weighted by Gasteiger charge is -2.34. The second-order valence-electron chi connectivity index (χ2n) is 5.70. The third kappa shape index (κ3) is 2.08. The summed E-state index contributed by atoms with van der Waals surface area (Å²) in [5, 5.41) is 0. The topological polar surface area (TPSA) is 3.24 Å². The first-order chi connectivity index (χ1) is 7.39. The Balaban J connectivity index is 2.41. The van der Waals surface area contributed by atoms with E-state index in [-0.39, 0.29) is 5.41 Å². The van der Waals surface area contributed by atoms with Gasteiger partial charge in [0.1, 0.15) is 0 Å². The molecule has 1 aliphatic rings. The predicted molar refractivity (Wildman–Crippen MR) is 73.7 cm³/mol. The molecular weight excluding hydrogens is 214 g/mol. The van der Waals surface area contributed by atoms with E-state index in [1.807, 2.05) is 11.8 Å². The highest BCUT2D eigenvalue weighted by Crippen LogP contribution is 2.39. The van der Waals surface area contributed by atoms with Crippen LogP contribution in [0.5, 0.6) is 0 Å². The molecule has 2 heteroatoms. The SMILES string of the molecule is CC1CSc2cc(C(C)(C)C)ccc2N1C.